The van der Waals surface area contributed by atoms with Crippen molar-refractivity contribution >= 4 is 42.1 Å². The summed E-state index contributed by atoms with van der Waals surface area (Å²) in [4.78, 5) is 8.37. The Labute approximate surface area is 186 Å². The van der Waals surface area contributed by atoms with Crippen LogP contribution in [-0.4, -0.2) is 60.1 Å². The van der Waals surface area contributed by atoms with Gasteiger partial charge in [0.25, 0.3) is 0 Å². The van der Waals surface area contributed by atoms with Gasteiger partial charge in [-0.05, 0) is 18.2 Å². The Morgan fingerprint density at radius 2 is 1.62 bits per heavy atom. The number of rotatable bonds is 8. The molecule has 0 bridgehead atoms. The fraction of sp³-hybridized carbons (Fsp3) is 0.300. The minimum absolute atomic E-state index is 0.0144. The first-order chi connectivity index (χ1) is 15.1. The second-order valence-electron chi connectivity index (χ2n) is 6.72. The number of hydrogen-bond donors (Lipinski definition) is 1. The lowest BCUT2D eigenvalue weighted by Crippen LogP contribution is -2.09. The SMILES string of the molecule is CCS(=O)(=O)c1ccc(S(C)(=O)=O)c(Nc2ncnc3cc(OC)c(OC)c(OC)c23)c1. The molecule has 3 rings (SSSR count). The Morgan fingerprint density at radius 3 is 2.19 bits per heavy atom. The maximum atomic E-state index is 12.4. The van der Waals surface area contributed by atoms with E-state index in [9.17, 15) is 16.8 Å². The van der Waals surface area contributed by atoms with E-state index in [2.05, 4.69) is 15.3 Å². The molecular formula is C20H23N3O7S2. The first kappa shape index (κ1) is 23.5. The molecular weight excluding hydrogens is 458 g/mol. The summed E-state index contributed by atoms with van der Waals surface area (Å²) < 4.78 is 65.8. The second-order valence-corrected chi connectivity index (χ2v) is 11.0. The van der Waals surface area contributed by atoms with Crippen LogP contribution in [0.5, 0.6) is 17.2 Å². The van der Waals surface area contributed by atoms with E-state index in [-0.39, 0.29) is 32.8 Å². The van der Waals surface area contributed by atoms with Crippen molar-refractivity contribution in [3.05, 3.63) is 30.6 Å². The second kappa shape index (κ2) is 8.79. The minimum atomic E-state index is -3.69. The first-order valence-electron chi connectivity index (χ1n) is 9.35. The van der Waals surface area contributed by atoms with Crippen molar-refractivity contribution in [1.29, 1.82) is 0 Å². The van der Waals surface area contributed by atoms with Crippen LogP contribution in [0, 0.1) is 0 Å². The number of nitrogens with one attached hydrogen (secondary N) is 1. The van der Waals surface area contributed by atoms with E-state index in [1.807, 2.05) is 0 Å². The van der Waals surface area contributed by atoms with Gasteiger partial charge in [-0.2, -0.15) is 0 Å². The Hall–Kier alpha value is -3.12. The molecule has 1 N–H and O–H groups in total. The van der Waals surface area contributed by atoms with Crippen molar-refractivity contribution in [2.75, 3.05) is 38.7 Å². The molecule has 32 heavy (non-hydrogen) atoms. The quantitative estimate of drug-likeness (QED) is 0.511. The summed E-state index contributed by atoms with van der Waals surface area (Å²) in [5.74, 6) is 1.01. The summed E-state index contributed by atoms with van der Waals surface area (Å²) in [6.07, 6.45) is 2.32. The lowest BCUT2D eigenvalue weighted by molar-refractivity contribution is 0.327. The molecule has 0 aliphatic heterocycles. The molecule has 0 aliphatic carbocycles. The van der Waals surface area contributed by atoms with E-state index in [1.165, 1.54) is 52.8 Å². The van der Waals surface area contributed by atoms with Crippen molar-refractivity contribution in [3.8, 4) is 17.2 Å². The molecule has 10 nitrogen and oxygen atoms in total. The summed E-state index contributed by atoms with van der Waals surface area (Å²) in [6, 6.07) is 5.42. The number of ether oxygens (including phenoxy) is 3. The molecule has 3 aromatic rings. The molecule has 0 atom stereocenters. The van der Waals surface area contributed by atoms with Gasteiger partial charge in [-0.1, -0.05) is 6.92 Å². The topological polar surface area (TPSA) is 134 Å². The lowest BCUT2D eigenvalue weighted by atomic mass is 10.1. The normalized spacial score (nSPS) is 11.9. The molecule has 0 amide bonds. The highest BCUT2D eigenvalue weighted by Gasteiger charge is 2.23. The Kier molecular flexibility index (Phi) is 6.46. The predicted molar refractivity (Wildman–Crippen MR) is 120 cm³/mol. The maximum absolute atomic E-state index is 12.4. The third-order valence-corrected chi connectivity index (χ3v) is 7.66. The molecule has 0 saturated heterocycles. The van der Waals surface area contributed by atoms with E-state index in [0.29, 0.717) is 22.4 Å². The van der Waals surface area contributed by atoms with Crippen molar-refractivity contribution in [2.24, 2.45) is 0 Å². The van der Waals surface area contributed by atoms with Gasteiger partial charge in [0, 0.05) is 12.3 Å². The Bertz CT molecular complexity index is 1390. The van der Waals surface area contributed by atoms with Crippen LogP contribution in [0.3, 0.4) is 0 Å². The van der Waals surface area contributed by atoms with Crippen LogP contribution < -0.4 is 19.5 Å². The molecule has 172 valence electrons. The van der Waals surface area contributed by atoms with Gasteiger partial charge >= 0.3 is 0 Å². The van der Waals surface area contributed by atoms with Gasteiger partial charge in [-0.25, -0.2) is 26.8 Å². The van der Waals surface area contributed by atoms with Crippen molar-refractivity contribution < 1.29 is 31.0 Å². The van der Waals surface area contributed by atoms with E-state index in [0.717, 1.165) is 6.26 Å². The Balaban J connectivity index is 2.31. The van der Waals surface area contributed by atoms with Crippen LogP contribution in [0.4, 0.5) is 11.5 Å². The highest BCUT2D eigenvalue weighted by molar-refractivity contribution is 7.91. The zero-order valence-corrected chi connectivity index (χ0v) is 19.8. The molecule has 0 spiro atoms. The zero-order valence-electron chi connectivity index (χ0n) is 18.2. The van der Waals surface area contributed by atoms with Crippen LogP contribution in [0.15, 0.2) is 40.4 Å². The van der Waals surface area contributed by atoms with E-state index < -0.39 is 19.7 Å². The predicted octanol–water partition coefficient (Wildman–Crippen LogP) is 2.60. The van der Waals surface area contributed by atoms with Gasteiger partial charge in [0.1, 0.15) is 12.1 Å². The van der Waals surface area contributed by atoms with Crippen molar-refractivity contribution in [1.82, 2.24) is 9.97 Å². The van der Waals surface area contributed by atoms with E-state index in [4.69, 9.17) is 14.2 Å². The summed E-state index contributed by atoms with van der Waals surface area (Å²) in [7, 11) is -2.91. The average Bonchev–Trinajstić information content (AvgIpc) is 2.76. The van der Waals surface area contributed by atoms with Crippen LogP contribution >= 0.6 is 0 Å². The fourth-order valence-corrected chi connectivity index (χ4v) is 4.93. The Morgan fingerprint density at radius 1 is 0.938 bits per heavy atom. The molecule has 0 fully saturated rings. The third kappa shape index (κ3) is 4.28. The highest BCUT2D eigenvalue weighted by atomic mass is 32.2. The molecule has 12 heteroatoms. The fourth-order valence-electron chi connectivity index (χ4n) is 3.20. The molecule has 1 heterocycles. The summed E-state index contributed by atoms with van der Waals surface area (Å²) >= 11 is 0. The number of nitrogens with zero attached hydrogens (tertiary/aromatic N) is 2. The van der Waals surface area contributed by atoms with E-state index in [1.54, 1.807) is 6.07 Å². The number of aromatic nitrogens is 2. The summed E-state index contributed by atoms with van der Waals surface area (Å²) in [6.45, 7) is 1.51. The van der Waals surface area contributed by atoms with Gasteiger partial charge < -0.3 is 19.5 Å². The largest absolute Gasteiger partial charge is 0.493 e. The van der Waals surface area contributed by atoms with Gasteiger partial charge in [0.15, 0.2) is 31.2 Å². The first-order valence-corrected chi connectivity index (χ1v) is 12.9. The number of benzene rings is 2. The number of fused-ring (bicyclic) bond motifs is 1. The number of hydrogen-bond acceptors (Lipinski definition) is 10. The van der Waals surface area contributed by atoms with Gasteiger partial charge in [0.05, 0.1) is 53.5 Å². The van der Waals surface area contributed by atoms with Gasteiger partial charge in [0.2, 0.25) is 5.75 Å². The average molecular weight is 482 g/mol. The molecule has 2 aromatic carbocycles. The molecule has 0 saturated carbocycles. The third-order valence-electron chi connectivity index (χ3n) is 4.77. The van der Waals surface area contributed by atoms with Crippen LogP contribution in [0.2, 0.25) is 0 Å². The smallest absolute Gasteiger partial charge is 0.204 e. The molecule has 0 unspecified atom stereocenters. The monoisotopic (exact) mass is 481 g/mol. The maximum Gasteiger partial charge on any atom is 0.204 e. The minimum Gasteiger partial charge on any atom is -0.493 e. The standard InChI is InChI=1S/C20H23N3O7S2/c1-6-32(26,27)12-7-8-16(31(5,24)25)13(9-12)23-20-17-14(21-11-22-20)10-15(28-2)18(29-3)19(17)30-4/h7-11H,6H2,1-5H3,(H,21,22,23). The molecule has 1 aromatic heterocycles. The van der Waals surface area contributed by atoms with Crippen molar-refractivity contribution in [2.45, 2.75) is 16.7 Å². The highest BCUT2D eigenvalue weighted by Crippen LogP contribution is 2.45. The lowest BCUT2D eigenvalue weighted by Gasteiger charge is -2.17. The van der Waals surface area contributed by atoms with Crippen LogP contribution in [0.25, 0.3) is 10.9 Å². The van der Waals surface area contributed by atoms with Crippen LogP contribution in [-0.2, 0) is 19.7 Å². The number of anilines is 2. The molecule has 0 aliphatic rings. The summed E-state index contributed by atoms with van der Waals surface area (Å²) in [5.41, 5.74) is 0.495. The zero-order chi connectivity index (χ0) is 23.7. The molecule has 0 radical (unpaired) electrons. The van der Waals surface area contributed by atoms with Crippen LogP contribution in [0.1, 0.15) is 6.92 Å². The summed E-state index contributed by atoms with van der Waals surface area (Å²) in [5, 5.41) is 3.35. The van der Waals surface area contributed by atoms with Gasteiger partial charge in [-0.3, -0.25) is 0 Å². The van der Waals surface area contributed by atoms with Crippen molar-refractivity contribution in [3.63, 3.8) is 0 Å². The van der Waals surface area contributed by atoms with E-state index >= 15 is 0 Å². The van der Waals surface area contributed by atoms with Gasteiger partial charge in [-0.15, -0.1) is 0 Å². The number of methoxy groups -OCH3 is 3. The number of sulfone groups is 2.